The molecule has 0 radical (unpaired) electrons. The van der Waals surface area contributed by atoms with E-state index in [0.717, 1.165) is 6.07 Å². The van der Waals surface area contributed by atoms with Crippen molar-refractivity contribution in [1.29, 1.82) is 0 Å². The fraction of sp³-hybridized carbons (Fsp3) is 0.400. The summed E-state index contributed by atoms with van der Waals surface area (Å²) in [6.45, 7) is 3.37. The van der Waals surface area contributed by atoms with Crippen LogP contribution in [0.15, 0.2) is 23.1 Å². The van der Waals surface area contributed by atoms with Crippen LogP contribution >= 0.6 is 0 Å². The van der Waals surface area contributed by atoms with Crippen molar-refractivity contribution >= 4 is 10.0 Å². The van der Waals surface area contributed by atoms with Crippen molar-refractivity contribution in [3.05, 3.63) is 29.6 Å². The van der Waals surface area contributed by atoms with E-state index >= 15 is 0 Å². The maximum Gasteiger partial charge on any atom is 0.240 e. The second-order valence-corrected chi connectivity index (χ2v) is 5.51. The lowest BCUT2D eigenvalue weighted by molar-refractivity contribution is 0.570. The maximum atomic E-state index is 13.2. The molecular formula is C10H15FN2O2S. The fourth-order valence-corrected chi connectivity index (χ4v) is 2.22. The highest BCUT2D eigenvalue weighted by atomic mass is 32.2. The molecule has 0 heterocycles. The summed E-state index contributed by atoms with van der Waals surface area (Å²) in [7, 11) is -3.66. The van der Waals surface area contributed by atoms with Crippen molar-refractivity contribution in [3.8, 4) is 0 Å². The Bertz CT molecular complexity index is 472. The topological polar surface area (TPSA) is 72.2 Å². The lowest BCUT2D eigenvalue weighted by Gasteiger charge is -2.09. The lowest BCUT2D eigenvalue weighted by atomic mass is 10.2. The van der Waals surface area contributed by atoms with E-state index in [2.05, 4.69) is 4.72 Å². The molecule has 1 rings (SSSR count). The molecule has 0 aliphatic heterocycles. The predicted octanol–water partition coefficient (Wildman–Crippen LogP) is 0.760. The van der Waals surface area contributed by atoms with E-state index in [0.29, 0.717) is 5.56 Å². The molecular weight excluding hydrogens is 231 g/mol. The molecule has 1 atom stereocenters. The average molecular weight is 246 g/mol. The van der Waals surface area contributed by atoms with Crippen LogP contribution in [0.4, 0.5) is 4.39 Å². The molecule has 90 valence electrons. The normalized spacial score (nSPS) is 13.8. The first-order valence-corrected chi connectivity index (χ1v) is 6.32. The summed E-state index contributed by atoms with van der Waals surface area (Å²) in [6, 6.07) is 3.50. The minimum absolute atomic E-state index is 0.0868. The minimum atomic E-state index is -3.66. The van der Waals surface area contributed by atoms with Crippen molar-refractivity contribution in [2.75, 3.05) is 6.54 Å². The summed E-state index contributed by atoms with van der Waals surface area (Å²) in [6.07, 6.45) is 0. The quantitative estimate of drug-likeness (QED) is 0.823. The van der Waals surface area contributed by atoms with Crippen LogP contribution in [0, 0.1) is 12.7 Å². The van der Waals surface area contributed by atoms with E-state index in [1.165, 1.54) is 12.1 Å². The van der Waals surface area contributed by atoms with Crippen molar-refractivity contribution < 1.29 is 12.8 Å². The van der Waals surface area contributed by atoms with Crippen LogP contribution in [0.2, 0.25) is 0 Å². The third-order valence-corrected chi connectivity index (χ3v) is 3.47. The third-order valence-electron chi connectivity index (χ3n) is 2.05. The summed E-state index contributed by atoms with van der Waals surface area (Å²) in [5.74, 6) is -0.538. The zero-order valence-electron chi connectivity index (χ0n) is 9.20. The van der Waals surface area contributed by atoms with Gasteiger partial charge in [-0.3, -0.25) is 0 Å². The number of halogens is 1. The number of rotatable bonds is 4. The zero-order valence-corrected chi connectivity index (χ0v) is 10.0. The molecule has 0 aliphatic rings. The van der Waals surface area contributed by atoms with Crippen molar-refractivity contribution in [3.63, 3.8) is 0 Å². The molecule has 0 aliphatic carbocycles. The smallest absolute Gasteiger partial charge is 0.240 e. The summed E-state index contributed by atoms with van der Waals surface area (Å²) in [5.41, 5.74) is 5.84. The molecule has 0 aromatic heterocycles. The summed E-state index contributed by atoms with van der Waals surface area (Å²) in [5, 5.41) is 0. The van der Waals surface area contributed by atoms with E-state index in [4.69, 9.17) is 5.73 Å². The summed E-state index contributed by atoms with van der Waals surface area (Å²) in [4.78, 5) is -0.0868. The van der Waals surface area contributed by atoms with Crippen LogP contribution < -0.4 is 10.5 Å². The van der Waals surface area contributed by atoms with Gasteiger partial charge in [-0.1, -0.05) is 6.07 Å². The Morgan fingerprint density at radius 2 is 2.12 bits per heavy atom. The SMILES string of the molecule is Cc1ccc(S(=O)(=O)NC[C@H](C)N)cc1F. The minimum Gasteiger partial charge on any atom is -0.327 e. The largest absolute Gasteiger partial charge is 0.327 e. The second-order valence-electron chi connectivity index (χ2n) is 3.74. The number of sulfonamides is 1. The molecule has 6 heteroatoms. The average Bonchev–Trinajstić information content (AvgIpc) is 2.19. The van der Waals surface area contributed by atoms with Gasteiger partial charge in [0.1, 0.15) is 5.82 Å². The fourth-order valence-electron chi connectivity index (χ4n) is 1.07. The molecule has 0 saturated heterocycles. The number of hydrogen-bond donors (Lipinski definition) is 2. The van der Waals surface area contributed by atoms with E-state index in [9.17, 15) is 12.8 Å². The van der Waals surface area contributed by atoms with Gasteiger partial charge in [-0.25, -0.2) is 17.5 Å². The van der Waals surface area contributed by atoms with E-state index < -0.39 is 15.8 Å². The molecule has 0 amide bonds. The van der Waals surface area contributed by atoms with Gasteiger partial charge in [0.05, 0.1) is 4.90 Å². The number of aryl methyl sites for hydroxylation is 1. The van der Waals surface area contributed by atoms with Crippen LogP contribution in [-0.2, 0) is 10.0 Å². The Balaban J connectivity index is 2.94. The van der Waals surface area contributed by atoms with Gasteiger partial charge < -0.3 is 5.73 Å². The summed E-state index contributed by atoms with van der Waals surface area (Å²) < 4.78 is 38.8. The Kier molecular flexibility index (Phi) is 4.01. The van der Waals surface area contributed by atoms with Crippen LogP contribution in [0.5, 0.6) is 0 Å². The maximum absolute atomic E-state index is 13.2. The molecule has 0 fully saturated rings. The molecule has 3 N–H and O–H groups in total. The third kappa shape index (κ3) is 3.26. The van der Waals surface area contributed by atoms with E-state index in [-0.39, 0.29) is 17.5 Å². The first-order chi connectivity index (χ1) is 7.33. The van der Waals surface area contributed by atoms with Gasteiger partial charge >= 0.3 is 0 Å². The Hall–Kier alpha value is -0.980. The Morgan fingerprint density at radius 1 is 1.50 bits per heavy atom. The predicted molar refractivity (Wildman–Crippen MR) is 60.0 cm³/mol. The lowest BCUT2D eigenvalue weighted by Crippen LogP contribution is -2.35. The molecule has 0 bridgehead atoms. The second kappa shape index (κ2) is 4.90. The highest BCUT2D eigenvalue weighted by molar-refractivity contribution is 7.89. The van der Waals surface area contributed by atoms with Gasteiger partial charge in [-0.05, 0) is 31.5 Å². The molecule has 0 spiro atoms. The highest BCUT2D eigenvalue weighted by Crippen LogP contribution is 2.13. The molecule has 1 aromatic carbocycles. The number of benzene rings is 1. The van der Waals surface area contributed by atoms with E-state index in [1.807, 2.05) is 0 Å². The monoisotopic (exact) mass is 246 g/mol. The van der Waals surface area contributed by atoms with Gasteiger partial charge in [0.25, 0.3) is 0 Å². The summed E-state index contributed by atoms with van der Waals surface area (Å²) >= 11 is 0. The van der Waals surface area contributed by atoms with Crippen LogP contribution in [0.3, 0.4) is 0 Å². The Morgan fingerprint density at radius 3 is 2.62 bits per heavy atom. The first kappa shape index (κ1) is 13.1. The molecule has 4 nitrogen and oxygen atoms in total. The van der Waals surface area contributed by atoms with Crippen LogP contribution in [0.25, 0.3) is 0 Å². The standard InChI is InChI=1S/C10H15FN2O2S/c1-7-3-4-9(5-10(7)11)16(14,15)13-6-8(2)12/h3-5,8,13H,6,12H2,1-2H3/t8-/m0/s1. The van der Waals surface area contributed by atoms with Gasteiger partial charge in [0.2, 0.25) is 10.0 Å². The van der Waals surface area contributed by atoms with Crippen molar-refractivity contribution in [2.24, 2.45) is 5.73 Å². The number of hydrogen-bond acceptors (Lipinski definition) is 3. The highest BCUT2D eigenvalue weighted by Gasteiger charge is 2.15. The van der Waals surface area contributed by atoms with Gasteiger partial charge in [-0.2, -0.15) is 0 Å². The zero-order chi connectivity index (χ0) is 12.3. The van der Waals surface area contributed by atoms with Gasteiger partial charge in [0, 0.05) is 12.6 Å². The van der Waals surface area contributed by atoms with E-state index in [1.54, 1.807) is 13.8 Å². The van der Waals surface area contributed by atoms with Gasteiger partial charge in [0.15, 0.2) is 0 Å². The Labute approximate surface area is 94.7 Å². The molecule has 0 saturated carbocycles. The van der Waals surface area contributed by atoms with Crippen LogP contribution in [0.1, 0.15) is 12.5 Å². The van der Waals surface area contributed by atoms with Crippen molar-refractivity contribution in [2.45, 2.75) is 24.8 Å². The molecule has 16 heavy (non-hydrogen) atoms. The van der Waals surface area contributed by atoms with Crippen LogP contribution in [-0.4, -0.2) is 21.0 Å². The first-order valence-electron chi connectivity index (χ1n) is 4.84. The number of nitrogens with one attached hydrogen (secondary N) is 1. The molecule has 0 unspecified atom stereocenters. The number of nitrogens with two attached hydrogens (primary N) is 1. The van der Waals surface area contributed by atoms with Gasteiger partial charge in [-0.15, -0.1) is 0 Å². The molecule has 1 aromatic rings. The van der Waals surface area contributed by atoms with Crippen molar-refractivity contribution in [1.82, 2.24) is 4.72 Å².